The normalized spacial score (nSPS) is 10.5. The second-order valence-electron chi connectivity index (χ2n) is 4.40. The van der Waals surface area contributed by atoms with Gasteiger partial charge >= 0.3 is 0 Å². The zero-order chi connectivity index (χ0) is 14.8. The Morgan fingerprint density at radius 1 is 1.05 bits per heavy atom. The van der Waals surface area contributed by atoms with Gasteiger partial charge in [0, 0.05) is 11.1 Å². The minimum Gasteiger partial charge on any atom is -0.375 e. The minimum atomic E-state index is -0.0975. The van der Waals surface area contributed by atoms with E-state index in [1.54, 1.807) is 18.2 Å². The van der Waals surface area contributed by atoms with Crippen molar-refractivity contribution in [3.63, 3.8) is 0 Å². The summed E-state index contributed by atoms with van der Waals surface area (Å²) in [6, 6.07) is 16.4. The highest BCUT2D eigenvalue weighted by Gasteiger charge is 2.21. The molecule has 0 saturated heterocycles. The van der Waals surface area contributed by atoms with Crippen LogP contribution in [0.25, 0.3) is 11.3 Å². The lowest BCUT2D eigenvalue weighted by molar-refractivity contribution is 0.104. The number of carbonyl (C=O) groups excluding carboxylic acids is 1. The van der Waals surface area contributed by atoms with Crippen LogP contribution in [0.1, 0.15) is 15.2 Å². The van der Waals surface area contributed by atoms with Gasteiger partial charge in [0.25, 0.3) is 0 Å². The highest BCUT2D eigenvalue weighted by atomic mass is 35.5. The zero-order valence-corrected chi connectivity index (χ0v) is 12.5. The van der Waals surface area contributed by atoms with Gasteiger partial charge in [-0.05, 0) is 6.07 Å². The van der Waals surface area contributed by atoms with Gasteiger partial charge in [-0.1, -0.05) is 71.5 Å². The fourth-order valence-electron chi connectivity index (χ4n) is 2.05. The predicted molar refractivity (Wildman–Crippen MR) is 86.8 cm³/mol. The number of nitrogen functional groups attached to an aromatic ring is 1. The van der Waals surface area contributed by atoms with E-state index in [-0.39, 0.29) is 5.78 Å². The van der Waals surface area contributed by atoms with Crippen LogP contribution in [0, 0.1) is 0 Å². The molecule has 0 atom stereocenters. The topological polar surface area (TPSA) is 56.0 Å². The van der Waals surface area contributed by atoms with Gasteiger partial charge in [0.15, 0.2) is 5.13 Å². The third-order valence-corrected chi connectivity index (χ3v) is 4.23. The smallest absolute Gasteiger partial charge is 0.205 e. The van der Waals surface area contributed by atoms with Gasteiger partial charge in [0.05, 0.1) is 10.7 Å². The summed E-state index contributed by atoms with van der Waals surface area (Å²) < 4.78 is 0. The first-order valence-corrected chi connectivity index (χ1v) is 7.47. The fourth-order valence-corrected chi connectivity index (χ4v) is 3.08. The molecule has 0 aliphatic heterocycles. The van der Waals surface area contributed by atoms with Gasteiger partial charge in [-0.15, -0.1) is 0 Å². The van der Waals surface area contributed by atoms with Crippen molar-refractivity contribution < 1.29 is 4.79 Å². The van der Waals surface area contributed by atoms with E-state index < -0.39 is 0 Å². The molecule has 21 heavy (non-hydrogen) atoms. The second-order valence-corrected chi connectivity index (χ2v) is 5.84. The molecular formula is C16H11ClN2OS. The summed E-state index contributed by atoms with van der Waals surface area (Å²) in [4.78, 5) is 17.4. The second kappa shape index (κ2) is 5.68. The lowest BCUT2D eigenvalue weighted by atomic mass is 10.1. The minimum absolute atomic E-state index is 0.0975. The highest BCUT2D eigenvalue weighted by Crippen LogP contribution is 2.35. The van der Waals surface area contributed by atoms with Crippen molar-refractivity contribution in [2.45, 2.75) is 0 Å². The summed E-state index contributed by atoms with van der Waals surface area (Å²) in [6.07, 6.45) is 0. The molecule has 104 valence electrons. The molecule has 0 fully saturated rings. The number of hydrogen-bond donors (Lipinski definition) is 1. The molecule has 0 aliphatic rings. The SMILES string of the molecule is Nc1nc(-c2ccccc2Cl)c(C(=O)c2ccccc2)s1. The first-order valence-electron chi connectivity index (χ1n) is 6.28. The Labute approximate surface area is 131 Å². The number of carbonyl (C=O) groups is 1. The van der Waals surface area contributed by atoms with E-state index in [4.69, 9.17) is 17.3 Å². The number of nitrogens with two attached hydrogens (primary N) is 1. The van der Waals surface area contributed by atoms with E-state index in [1.807, 2.05) is 36.4 Å². The first kappa shape index (κ1) is 13.8. The molecule has 5 heteroatoms. The third kappa shape index (κ3) is 2.68. The predicted octanol–water partition coefficient (Wildman–Crippen LogP) is 4.28. The zero-order valence-electron chi connectivity index (χ0n) is 10.9. The molecule has 0 unspecified atom stereocenters. The maximum absolute atomic E-state index is 12.6. The third-order valence-electron chi connectivity index (χ3n) is 3.01. The molecular weight excluding hydrogens is 304 g/mol. The van der Waals surface area contributed by atoms with E-state index in [1.165, 1.54) is 11.3 Å². The average molecular weight is 315 g/mol. The maximum Gasteiger partial charge on any atom is 0.205 e. The number of aromatic nitrogens is 1. The van der Waals surface area contributed by atoms with Crippen LogP contribution >= 0.6 is 22.9 Å². The number of halogens is 1. The quantitative estimate of drug-likeness (QED) is 0.734. The number of hydrogen-bond acceptors (Lipinski definition) is 4. The number of nitrogens with zero attached hydrogens (tertiary/aromatic N) is 1. The van der Waals surface area contributed by atoms with Gasteiger partial charge < -0.3 is 5.73 Å². The lowest BCUT2D eigenvalue weighted by Crippen LogP contribution is -2.00. The summed E-state index contributed by atoms with van der Waals surface area (Å²) in [5.41, 5.74) is 7.65. The lowest BCUT2D eigenvalue weighted by Gasteiger charge is -2.04. The molecule has 0 spiro atoms. The molecule has 0 bridgehead atoms. The summed E-state index contributed by atoms with van der Waals surface area (Å²) in [6.45, 7) is 0. The van der Waals surface area contributed by atoms with Crippen LogP contribution in [-0.2, 0) is 0 Å². The van der Waals surface area contributed by atoms with Crippen LogP contribution in [-0.4, -0.2) is 10.8 Å². The molecule has 0 radical (unpaired) electrons. The van der Waals surface area contributed by atoms with Crippen LogP contribution in [0.4, 0.5) is 5.13 Å². The van der Waals surface area contributed by atoms with Crippen LogP contribution < -0.4 is 5.73 Å². The first-order chi connectivity index (χ1) is 10.2. The highest BCUT2D eigenvalue weighted by molar-refractivity contribution is 7.18. The average Bonchev–Trinajstić information content (AvgIpc) is 2.89. The van der Waals surface area contributed by atoms with Crippen molar-refractivity contribution in [1.82, 2.24) is 4.98 Å². The van der Waals surface area contributed by atoms with E-state index in [9.17, 15) is 4.79 Å². The summed E-state index contributed by atoms with van der Waals surface area (Å²) in [5.74, 6) is -0.0975. The Morgan fingerprint density at radius 2 is 1.71 bits per heavy atom. The molecule has 3 aromatic rings. The summed E-state index contributed by atoms with van der Waals surface area (Å²) >= 11 is 7.38. The molecule has 0 aliphatic carbocycles. The molecule has 3 nitrogen and oxygen atoms in total. The standard InChI is InChI=1S/C16H11ClN2OS/c17-12-9-5-4-8-11(12)13-15(21-16(18)19-13)14(20)10-6-2-1-3-7-10/h1-9H,(H2,18,19). The van der Waals surface area contributed by atoms with Crippen molar-refractivity contribution in [2.75, 3.05) is 5.73 Å². The molecule has 2 N–H and O–H groups in total. The molecule has 2 aromatic carbocycles. The van der Waals surface area contributed by atoms with Gasteiger partial charge in [-0.25, -0.2) is 4.98 Å². The van der Waals surface area contributed by atoms with Crippen LogP contribution in [0.5, 0.6) is 0 Å². The number of thiazole rings is 1. The Bertz CT molecular complexity index is 799. The van der Waals surface area contributed by atoms with Crippen molar-refractivity contribution in [2.24, 2.45) is 0 Å². The molecule has 0 saturated carbocycles. The molecule has 0 amide bonds. The largest absolute Gasteiger partial charge is 0.375 e. The van der Waals surface area contributed by atoms with Gasteiger partial charge in [0.2, 0.25) is 5.78 Å². The van der Waals surface area contributed by atoms with Crippen LogP contribution in [0.15, 0.2) is 54.6 Å². The monoisotopic (exact) mass is 314 g/mol. The summed E-state index contributed by atoms with van der Waals surface area (Å²) in [5, 5.41) is 0.897. The van der Waals surface area contributed by atoms with Gasteiger partial charge in [0.1, 0.15) is 4.88 Å². The Morgan fingerprint density at radius 3 is 2.43 bits per heavy atom. The molecule has 3 rings (SSSR count). The maximum atomic E-state index is 12.6. The van der Waals surface area contributed by atoms with Crippen molar-refractivity contribution in [3.05, 3.63) is 70.1 Å². The van der Waals surface area contributed by atoms with E-state index >= 15 is 0 Å². The fraction of sp³-hybridized carbons (Fsp3) is 0. The number of anilines is 1. The van der Waals surface area contributed by atoms with Gasteiger partial charge in [-0.2, -0.15) is 0 Å². The van der Waals surface area contributed by atoms with E-state index in [0.717, 1.165) is 0 Å². The van der Waals surface area contributed by atoms with Crippen LogP contribution in [0.2, 0.25) is 5.02 Å². The Kier molecular flexibility index (Phi) is 3.73. The number of benzene rings is 2. The van der Waals surface area contributed by atoms with Gasteiger partial charge in [-0.3, -0.25) is 4.79 Å². The number of rotatable bonds is 3. The van der Waals surface area contributed by atoms with Crippen LogP contribution in [0.3, 0.4) is 0 Å². The Balaban J connectivity index is 2.13. The number of ketones is 1. The van der Waals surface area contributed by atoms with E-state index in [2.05, 4.69) is 4.98 Å². The van der Waals surface area contributed by atoms with E-state index in [0.29, 0.717) is 31.9 Å². The Hall–Kier alpha value is -2.17. The van der Waals surface area contributed by atoms with Crippen molar-refractivity contribution in [1.29, 1.82) is 0 Å². The molecule has 1 aromatic heterocycles. The summed E-state index contributed by atoms with van der Waals surface area (Å²) in [7, 11) is 0. The van der Waals surface area contributed by atoms with Crippen molar-refractivity contribution in [3.8, 4) is 11.3 Å². The van der Waals surface area contributed by atoms with Crippen molar-refractivity contribution >= 4 is 33.9 Å². The molecule has 1 heterocycles.